The number of benzene rings is 4. The van der Waals surface area contributed by atoms with Crippen molar-refractivity contribution < 1.29 is 47.5 Å². The number of fused-ring (bicyclic) bond motifs is 1. The molecule has 2 aliphatic heterocycles. The van der Waals surface area contributed by atoms with Gasteiger partial charge in [-0.1, -0.05) is 127 Å². The molecular formula is C43H38N4O10S2. The van der Waals surface area contributed by atoms with Gasteiger partial charge in [0, 0.05) is 16.2 Å². The number of rotatable bonds is 14. The van der Waals surface area contributed by atoms with Gasteiger partial charge in [0.25, 0.3) is 5.91 Å². The Balaban J connectivity index is 1.07. The van der Waals surface area contributed by atoms with Crippen LogP contribution in [-0.2, 0) is 57.4 Å². The van der Waals surface area contributed by atoms with Crippen LogP contribution in [0, 0.1) is 0 Å². The number of amides is 3. The molecule has 0 aliphatic carbocycles. The predicted octanol–water partition coefficient (Wildman–Crippen LogP) is 4.89. The van der Waals surface area contributed by atoms with Crippen molar-refractivity contribution in [2.24, 2.45) is 0 Å². The van der Waals surface area contributed by atoms with E-state index < -0.39 is 70.3 Å². The van der Waals surface area contributed by atoms with Crippen LogP contribution < -0.4 is 10.6 Å². The molecule has 7 rings (SSSR count). The summed E-state index contributed by atoms with van der Waals surface area (Å²) in [6.45, 7) is 0.00643. The highest BCUT2D eigenvalue weighted by Crippen LogP contribution is 2.36. The zero-order valence-electron chi connectivity index (χ0n) is 31.2. The molecule has 3 N–H and O–H groups in total. The van der Waals surface area contributed by atoms with Crippen LogP contribution in [0.2, 0.25) is 0 Å². The fraction of sp³-hybridized carbons (Fsp3) is 0.209. The van der Waals surface area contributed by atoms with Gasteiger partial charge in [0.2, 0.25) is 5.91 Å². The van der Waals surface area contributed by atoms with E-state index in [0.29, 0.717) is 11.1 Å². The minimum atomic E-state index is -1.89. The van der Waals surface area contributed by atoms with Crippen molar-refractivity contribution in [2.75, 3.05) is 11.1 Å². The van der Waals surface area contributed by atoms with Crippen molar-refractivity contribution in [3.8, 4) is 0 Å². The Morgan fingerprint density at radius 2 is 1.41 bits per heavy atom. The average Bonchev–Trinajstić information content (AvgIpc) is 3.72. The maximum Gasteiger partial charge on any atom is 0.413 e. The first-order chi connectivity index (χ1) is 28.7. The molecule has 4 aromatic carbocycles. The number of hydrogen-bond acceptors (Lipinski definition) is 12. The van der Waals surface area contributed by atoms with Gasteiger partial charge in [-0.05, 0) is 22.3 Å². The number of ether oxygens (including phenoxy) is 3. The summed E-state index contributed by atoms with van der Waals surface area (Å²) in [6, 6.07) is 33.1. The fourth-order valence-corrected chi connectivity index (χ4v) is 8.98. The molecule has 16 heteroatoms. The van der Waals surface area contributed by atoms with Gasteiger partial charge in [-0.2, -0.15) is 0 Å². The van der Waals surface area contributed by atoms with E-state index in [4.69, 9.17) is 14.2 Å². The van der Waals surface area contributed by atoms with Crippen LogP contribution in [0.15, 0.2) is 133 Å². The molecule has 3 amide bonds. The number of esters is 2. The SMILES string of the molecule is O=C(CC=C(C(=O)N[C@@H]1C(=O)N2C(C(=O)OC(c3ccccc3)c3ccccc3)C(O)CS(=O)[C@H]12)c1csc(NC(=O)OCc2ccccc2)n1)OCc1ccccc1. The van der Waals surface area contributed by atoms with Crippen molar-refractivity contribution in [3.63, 3.8) is 0 Å². The number of carbonyl (C=O) groups is 5. The van der Waals surface area contributed by atoms with Crippen LogP contribution in [0.25, 0.3) is 5.57 Å². The second-order valence-corrected chi connectivity index (χ2v) is 15.9. The summed E-state index contributed by atoms with van der Waals surface area (Å²) < 4.78 is 30.1. The quantitative estimate of drug-likeness (QED) is 0.0598. The monoisotopic (exact) mass is 834 g/mol. The van der Waals surface area contributed by atoms with E-state index in [1.54, 1.807) is 84.9 Å². The van der Waals surface area contributed by atoms with Crippen LogP contribution in [0.1, 0.15) is 40.5 Å². The third kappa shape index (κ3) is 9.80. The fourth-order valence-electron chi connectivity index (χ4n) is 6.59. The van der Waals surface area contributed by atoms with Crippen molar-refractivity contribution in [1.82, 2.24) is 15.2 Å². The van der Waals surface area contributed by atoms with Gasteiger partial charge in [0.15, 0.2) is 17.3 Å². The largest absolute Gasteiger partial charge is 0.461 e. The molecule has 59 heavy (non-hydrogen) atoms. The smallest absolute Gasteiger partial charge is 0.413 e. The Hall–Kier alpha value is -6.49. The molecule has 5 aromatic rings. The molecule has 2 aliphatic rings. The van der Waals surface area contributed by atoms with Crippen molar-refractivity contribution in [1.29, 1.82) is 0 Å². The molecule has 0 bridgehead atoms. The number of β-lactam (4-membered cyclic amide) rings is 1. The molecule has 5 atom stereocenters. The molecule has 302 valence electrons. The first-order valence-electron chi connectivity index (χ1n) is 18.5. The lowest BCUT2D eigenvalue weighted by Crippen LogP contribution is -2.79. The lowest BCUT2D eigenvalue weighted by atomic mass is 9.98. The highest BCUT2D eigenvalue weighted by atomic mass is 32.2. The van der Waals surface area contributed by atoms with Crippen LogP contribution in [0.3, 0.4) is 0 Å². The molecule has 3 unspecified atom stereocenters. The Bertz CT molecular complexity index is 2310. The first kappa shape index (κ1) is 40.7. The number of thiazole rings is 1. The minimum Gasteiger partial charge on any atom is -0.461 e. The number of nitrogens with one attached hydrogen (secondary N) is 2. The second kappa shape index (κ2) is 18.8. The van der Waals surface area contributed by atoms with E-state index in [1.807, 2.05) is 36.4 Å². The van der Waals surface area contributed by atoms with Gasteiger partial charge in [-0.3, -0.25) is 23.9 Å². The summed E-state index contributed by atoms with van der Waals surface area (Å²) in [5, 5.41) is 16.5. The maximum absolute atomic E-state index is 14.0. The third-order valence-corrected chi connectivity index (χ3v) is 11.9. The molecule has 1 aromatic heterocycles. The number of carbonyl (C=O) groups excluding carboxylic acids is 5. The number of hydrogen-bond donors (Lipinski definition) is 3. The number of aliphatic hydroxyl groups excluding tert-OH is 1. The van der Waals surface area contributed by atoms with Crippen molar-refractivity contribution >= 4 is 62.7 Å². The lowest BCUT2D eigenvalue weighted by molar-refractivity contribution is -0.173. The average molecular weight is 835 g/mol. The molecule has 2 saturated heterocycles. The molecular weight excluding hydrogens is 797 g/mol. The van der Waals surface area contributed by atoms with E-state index in [1.165, 1.54) is 11.5 Å². The van der Waals surface area contributed by atoms with Crippen LogP contribution in [0.4, 0.5) is 9.93 Å². The summed E-state index contributed by atoms with van der Waals surface area (Å²) in [7, 11) is -1.89. The van der Waals surface area contributed by atoms with Crippen LogP contribution in [0.5, 0.6) is 0 Å². The number of anilines is 1. The van der Waals surface area contributed by atoms with E-state index in [9.17, 15) is 33.3 Å². The summed E-state index contributed by atoms with van der Waals surface area (Å²) in [4.78, 5) is 72.4. The number of aliphatic hydroxyl groups is 1. The van der Waals surface area contributed by atoms with Gasteiger partial charge in [0.05, 0.1) is 29.5 Å². The Morgan fingerprint density at radius 3 is 2.00 bits per heavy atom. The Labute approximate surface area is 345 Å². The Kier molecular flexibility index (Phi) is 13.0. The van der Waals surface area contributed by atoms with E-state index >= 15 is 0 Å². The van der Waals surface area contributed by atoms with Gasteiger partial charge in [-0.25, -0.2) is 14.6 Å². The van der Waals surface area contributed by atoms with Gasteiger partial charge >= 0.3 is 18.0 Å². The molecule has 0 radical (unpaired) electrons. The summed E-state index contributed by atoms with van der Waals surface area (Å²) in [6.07, 6.45) is -2.25. The normalized spacial score (nSPS) is 19.8. The molecule has 2 fully saturated rings. The lowest BCUT2D eigenvalue weighted by Gasteiger charge is -2.53. The van der Waals surface area contributed by atoms with Gasteiger partial charge in [-0.15, -0.1) is 11.3 Å². The zero-order valence-corrected chi connectivity index (χ0v) is 32.9. The van der Waals surface area contributed by atoms with Crippen molar-refractivity contribution in [2.45, 2.75) is 49.3 Å². The molecule has 3 heterocycles. The van der Waals surface area contributed by atoms with E-state index in [0.717, 1.165) is 27.4 Å². The zero-order chi connectivity index (χ0) is 41.3. The van der Waals surface area contributed by atoms with E-state index in [2.05, 4.69) is 15.6 Å². The molecule has 0 saturated carbocycles. The van der Waals surface area contributed by atoms with Crippen LogP contribution >= 0.6 is 11.3 Å². The number of aromatic nitrogens is 1. The predicted molar refractivity (Wildman–Crippen MR) is 217 cm³/mol. The van der Waals surface area contributed by atoms with Gasteiger partial charge in [0.1, 0.15) is 24.6 Å². The maximum atomic E-state index is 14.0. The topological polar surface area (TPSA) is 191 Å². The second-order valence-electron chi connectivity index (χ2n) is 13.5. The summed E-state index contributed by atoms with van der Waals surface area (Å²) >= 11 is 0.987. The van der Waals surface area contributed by atoms with Crippen LogP contribution in [-0.4, -0.2) is 78.4 Å². The van der Waals surface area contributed by atoms with Crippen molar-refractivity contribution in [3.05, 3.63) is 161 Å². The third-order valence-electron chi connectivity index (χ3n) is 9.48. The molecule has 14 nitrogen and oxygen atoms in total. The van der Waals surface area contributed by atoms with E-state index in [-0.39, 0.29) is 41.8 Å². The standard InChI is InChI=1S/C43H38N4O10S2/c48-33-26-59(54)40-35(39(51)47(40)36(33)41(52)57-37(29-17-9-3-10-18-29)30-19-11-4-12-20-30)45-38(50)31(21-22-34(49)55-23-27-13-5-1-6-14-27)32-25-58-42(44-32)46-43(53)56-24-28-15-7-2-8-16-28/h1-21,25,33,35-37,40,48H,22-24,26H2,(H,45,50)(H,44,46,53)/t33?,35-,36?,40-,59?/m1/s1. The first-order valence-corrected chi connectivity index (χ1v) is 20.7. The number of nitrogens with zero attached hydrogens (tertiary/aromatic N) is 2. The van der Waals surface area contributed by atoms with Gasteiger partial charge < -0.3 is 29.5 Å². The minimum absolute atomic E-state index is 0.00228. The highest BCUT2D eigenvalue weighted by molar-refractivity contribution is 7.85. The summed E-state index contributed by atoms with van der Waals surface area (Å²) in [5.74, 6) is -3.54. The Morgan fingerprint density at radius 1 is 0.847 bits per heavy atom. The highest BCUT2D eigenvalue weighted by Gasteiger charge is 2.61. The molecule has 0 spiro atoms. The summed E-state index contributed by atoms with van der Waals surface area (Å²) in [5.41, 5.74) is 2.76.